The van der Waals surface area contributed by atoms with Crippen molar-refractivity contribution < 1.29 is 4.79 Å². The van der Waals surface area contributed by atoms with Gasteiger partial charge in [-0.05, 0) is 45.0 Å². The number of hydrogen-bond acceptors (Lipinski definition) is 2. The average molecular weight is 317 g/mol. The van der Waals surface area contributed by atoms with Crippen molar-refractivity contribution >= 4 is 29.1 Å². The molecule has 1 unspecified atom stereocenters. The van der Waals surface area contributed by atoms with Gasteiger partial charge in [-0.15, -0.1) is 0 Å². The van der Waals surface area contributed by atoms with Crippen LogP contribution < -0.4 is 10.6 Å². The second kappa shape index (κ2) is 7.30. The monoisotopic (exact) mass is 316 g/mol. The molecule has 1 atom stereocenters. The molecule has 5 heteroatoms. The van der Waals surface area contributed by atoms with Gasteiger partial charge in [0.1, 0.15) is 0 Å². The van der Waals surface area contributed by atoms with Gasteiger partial charge in [0.15, 0.2) is 0 Å². The predicted octanol–water partition coefficient (Wildman–Crippen LogP) is 3.29. The Balaban J connectivity index is 2.71. The molecule has 0 saturated carbocycles. The molecule has 2 N–H and O–H groups in total. The van der Waals surface area contributed by atoms with Gasteiger partial charge in [-0.2, -0.15) is 0 Å². The zero-order valence-electron chi connectivity index (χ0n) is 12.4. The summed E-state index contributed by atoms with van der Waals surface area (Å²) in [5, 5.41) is 7.31. The van der Waals surface area contributed by atoms with Crippen molar-refractivity contribution in [3.05, 3.63) is 33.8 Å². The lowest BCUT2D eigenvalue weighted by atomic mass is 9.94. The first-order valence-corrected chi connectivity index (χ1v) is 7.41. The summed E-state index contributed by atoms with van der Waals surface area (Å²) in [7, 11) is 1.84. The molecule has 0 bridgehead atoms. The lowest BCUT2D eigenvalue weighted by Gasteiger charge is -2.28. The Kier molecular flexibility index (Phi) is 6.31. The molecule has 0 radical (unpaired) electrons. The largest absolute Gasteiger partial charge is 0.351 e. The molecule has 1 aromatic carbocycles. The first-order valence-electron chi connectivity index (χ1n) is 6.66. The number of benzene rings is 1. The smallest absolute Gasteiger partial charge is 0.224 e. The van der Waals surface area contributed by atoms with Gasteiger partial charge in [0.2, 0.25) is 5.91 Å². The normalized spacial score (nSPS) is 13.1. The highest BCUT2D eigenvalue weighted by molar-refractivity contribution is 6.35. The number of halogens is 2. The van der Waals surface area contributed by atoms with E-state index in [2.05, 4.69) is 10.6 Å². The van der Waals surface area contributed by atoms with Crippen LogP contribution in [0.25, 0.3) is 0 Å². The molecule has 0 heterocycles. The van der Waals surface area contributed by atoms with Crippen molar-refractivity contribution in [2.45, 2.75) is 32.7 Å². The molecule has 0 fully saturated rings. The first kappa shape index (κ1) is 17.3. The Hall–Kier alpha value is -0.770. The molecule has 3 nitrogen and oxygen atoms in total. The Morgan fingerprint density at radius 1 is 1.35 bits per heavy atom. The summed E-state index contributed by atoms with van der Waals surface area (Å²) in [6, 6.07) is 5.43. The topological polar surface area (TPSA) is 41.1 Å². The van der Waals surface area contributed by atoms with Gasteiger partial charge >= 0.3 is 0 Å². The van der Waals surface area contributed by atoms with E-state index < -0.39 is 0 Å². The van der Waals surface area contributed by atoms with Crippen LogP contribution in [0.3, 0.4) is 0 Å². The highest BCUT2D eigenvalue weighted by Gasteiger charge is 2.24. The van der Waals surface area contributed by atoms with Crippen molar-refractivity contribution in [2.75, 3.05) is 13.6 Å². The SMILES string of the molecule is CNCC(C)C(=O)NC(C)(C)Cc1ccc(Cl)cc1Cl. The summed E-state index contributed by atoms with van der Waals surface area (Å²) in [6.45, 7) is 6.53. The van der Waals surface area contributed by atoms with Crippen LogP contribution in [0.15, 0.2) is 18.2 Å². The molecule has 0 aromatic heterocycles. The van der Waals surface area contributed by atoms with Gasteiger partial charge in [0, 0.05) is 28.0 Å². The van der Waals surface area contributed by atoms with Gasteiger partial charge in [-0.1, -0.05) is 36.2 Å². The molecule has 20 heavy (non-hydrogen) atoms. The molecule has 1 amide bonds. The second-order valence-electron chi connectivity index (χ2n) is 5.74. The van der Waals surface area contributed by atoms with Crippen LogP contribution in [0.4, 0.5) is 0 Å². The molecule has 0 spiro atoms. The third-order valence-corrected chi connectivity index (χ3v) is 3.65. The molecular weight excluding hydrogens is 295 g/mol. The Bertz CT molecular complexity index is 475. The summed E-state index contributed by atoms with van der Waals surface area (Å²) in [6.07, 6.45) is 0.654. The summed E-state index contributed by atoms with van der Waals surface area (Å²) < 4.78 is 0. The van der Waals surface area contributed by atoms with E-state index in [-0.39, 0.29) is 17.4 Å². The van der Waals surface area contributed by atoms with Crippen LogP contribution in [0, 0.1) is 5.92 Å². The van der Waals surface area contributed by atoms with Crippen molar-refractivity contribution in [3.63, 3.8) is 0 Å². The molecule has 0 aliphatic rings. The third kappa shape index (κ3) is 5.31. The zero-order valence-corrected chi connectivity index (χ0v) is 13.9. The van der Waals surface area contributed by atoms with Crippen molar-refractivity contribution in [2.24, 2.45) is 5.92 Å². The van der Waals surface area contributed by atoms with E-state index in [1.165, 1.54) is 0 Å². The second-order valence-corrected chi connectivity index (χ2v) is 6.59. The number of nitrogens with one attached hydrogen (secondary N) is 2. The van der Waals surface area contributed by atoms with Gasteiger partial charge in [0.05, 0.1) is 0 Å². The van der Waals surface area contributed by atoms with Gasteiger partial charge < -0.3 is 10.6 Å². The predicted molar refractivity (Wildman–Crippen MR) is 85.5 cm³/mol. The maximum Gasteiger partial charge on any atom is 0.224 e. The number of hydrogen-bond donors (Lipinski definition) is 2. The van der Waals surface area contributed by atoms with Crippen LogP contribution in [-0.4, -0.2) is 25.0 Å². The van der Waals surface area contributed by atoms with Crippen molar-refractivity contribution in [3.8, 4) is 0 Å². The lowest BCUT2D eigenvalue weighted by Crippen LogP contribution is -2.48. The molecule has 1 rings (SSSR count). The van der Waals surface area contributed by atoms with Gasteiger partial charge in [-0.25, -0.2) is 0 Å². The van der Waals surface area contributed by atoms with Crippen LogP contribution >= 0.6 is 23.2 Å². The Labute approximate surface area is 131 Å². The summed E-state index contributed by atoms with van der Waals surface area (Å²) in [5.41, 5.74) is 0.610. The van der Waals surface area contributed by atoms with Crippen molar-refractivity contribution in [1.82, 2.24) is 10.6 Å². The maximum atomic E-state index is 12.1. The third-order valence-electron chi connectivity index (χ3n) is 3.07. The minimum absolute atomic E-state index is 0.0365. The molecule has 0 aliphatic carbocycles. The van der Waals surface area contributed by atoms with E-state index in [9.17, 15) is 4.79 Å². The molecule has 0 aliphatic heterocycles. The Morgan fingerprint density at radius 3 is 2.55 bits per heavy atom. The lowest BCUT2D eigenvalue weighted by molar-refractivity contribution is -0.125. The van der Waals surface area contributed by atoms with E-state index >= 15 is 0 Å². The zero-order chi connectivity index (χ0) is 15.3. The minimum atomic E-state index is -0.365. The van der Waals surface area contributed by atoms with Crippen molar-refractivity contribution in [1.29, 1.82) is 0 Å². The fraction of sp³-hybridized carbons (Fsp3) is 0.533. The van der Waals surface area contributed by atoms with Crippen LogP contribution in [0.2, 0.25) is 10.0 Å². The average Bonchev–Trinajstić information content (AvgIpc) is 2.32. The fourth-order valence-electron chi connectivity index (χ4n) is 2.04. The van der Waals surface area contributed by atoms with Gasteiger partial charge in [-0.3, -0.25) is 4.79 Å². The number of carbonyl (C=O) groups excluding carboxylic acids is 1. The highest BCUT2D eigenvalue weighted by atomic mass is 35.5. The molecule has 112 valence electrons. The summed E-state index contributed by atoms with van der Waals surface area (Å²) >= 11 is 12.1. The highest BCUT2D eigenvalue weighted by Crippen LogP contribution is 2.24. The van der Waals surface area contributed by atoms with Gasteiger partial charge in [0.25, 0.3) is 0 Å². The van der Waals surface area contributed by atoms with Crippen LogP contribution in [0.5, 0.6) is 0 Å². The van der Waals surface area contributed by atoms with E-state index in [1.807, 2.05) is 40.0 Å². The summed E-state index contributed by atoms with van der Waals surface area (Å²) in [5.74, 6) is -0.0330. The number of rotatable bonds is 6. The molecule has 0 saturated heterocycles. The fourth-order valence-corrected chi connectivity index (χ4v) is 2.52. The maximum absolute atomic E-state index is 12.1. The Morgan fingerprint density at radius 2 is 2.00 bits per heavy atom. The number of carbonyl (C=O) groups is 1. The first-order chi connectivity index (χ1) is 9.25. The van der Waals surface area contributed by atoms with E-state index in [4.69, 9.17) is 23.2 Å². The van der Waals surface area contributed by atoms with E-state index in [0.29, 0.717) is 23.0 Å². The van der Waals surface area contributed by atoms with E-state index in [0.717, 1.165) is 5.56 Å². The van der Waals surface area contributed by atoms with Crippen LogP contribution in [-0.2, 0) is 11.2 Å². The quantitative estimate of drug-likeness (QED) is 0.845. The summed E-state index contributed by atoms with van der Waals surface area (Å²) in [4.78, 5) is 12.1. The standard InChI is InChI=1S/C15H22Cl2N2O/c1-10(9-18-4)14(20)19-15(2,3)8-11-5-6-12(16)7-13(11)17/h5-7,10,18H,8-9H2,1-4H3,(H,19,20). The molecular formula is C15H22Cl2N2O. The number of amides is 1. The van der Waals surface area contributed by atoms with Crippen LogP contribution in [0.1, 0.15) is 26.3 Å². The van der Waals surface area contributed by atoms with E-state index in [1.54, 1.807) is 6.07 Å². The minimum Gasteiger partial charge on any atom is -0.351 e. The molecule has 1 aromatic rings.